The Hall–Kier alpha value is -4.13. The summed E-state index contributed by atoms with van der Waals surface area (Å²) in [6.45, 7) is 9.17. The zero-order valence-electron chi connectivity index (χ0n) is 29.2. The van der Waals surface area contributed by atoms with Crippen LogP contribution in [0.5, 0.6) is 0 Å². The van der Waals surface area contributed by atoms with Crippen LogP contribution < -0.4 is 5.32 Å². The van der Waals surface area contributed by atoms with Crippen molar-refractivity contribution in [2.75, 3.05) is 13.7 Å². The molecule has 1 aliphatic heterocycles. The second kappa shape index (κ2) is 13.1. The molecule has 3 aliphatic rings. The normalized spacial score (nSPS) is 19.6. The maximum atomic E-state index is 13.8. The highest BCUT2D eigenvalue weighted by Crippen LogP contribution is 2.53. The number of ether oxygens (including phenoxy) is 1. The Labute approximate surface area is 284 Å². The Balaban J connectivity index is 1.21. The van der Waals surface area contributed by atoms with Crippen molar-refractivity contribution in [1.82, 2.24) is 20.2 Å². The number of hydrogen-bond donors (Lipinski definition) is 2. The van der Waals surface area contributed by atoms with Crippen molar-refractivity contribution in [3.05, 3.63) is 77.1 Å². The third kappa shape index (κ3) is 5.90. The van der Waals surface area contributed by atoms with Crippen LogP contribution in [0.15, 0.2) is 54.6 Å². The van der Waals surface area contributed by atoms with Crippen molar-refractivity contribution in [2.45, 2.75) is 103 Å². The van der Waals surface area contributed by atoms with Crippen molar-refractivity contribution in [3.8, 4) is 22.3 Å². The number of aromatic amines is 1. The summed E-state index contributed by atoms with van der Waals surface area (Å²) < 4.78 is 4.84. The van der Waals surface area contributed by atoms with E-state index in [1.54, 1.807) is 0 Å². The monoisotopic (exact) mass is 646 g/mol. The Bertz CT molecular complexity index is 1820. The van der Waals surface area contributed by atoms with Crippen molar-refractivity contribution in [3.63, 3.8) is 0 Å². The number of benzene rings is 3. The first-order valence-electron chi connectivity index (χ1n) is 18.1. The van der Waals surface area contributed by atoms with E-state index in [2.05, 4.69) is 78.7 Å². The van der Waals surface area contributed by atoms with Crippen LogP contribution >= 0.6 is 0 Å². The van der Waals surface area contributed by atoms with Gasteiger partial charge in [-0.1, -0.05) is 89.4 Å². The molecule has 3 unspecified atom stereocenters. The van der Waals surface area contributed by atoms with Gasteiger partial charge in [-0.3, -0.25) is 4.79 Å². The summed E-state index contributed by atoms with van der Waals surface area (Å²) in [7, 11) is 1.33. The quantitative estimate of drug-likeness (QED) is 0.200. The van der Waals surface area contributed by atoms with Gasteiger partial charge >= 0.3 is 6.09 Å². The molecule has 3 atom stereocenters. The number of alkyl carbamates (subject to hydrolysis) is 1. The molecule has 2 aliphatic carbocycles. The molecule has 252 valence electrons. The van der Waals surface area contributed by atoms with Crippen LogP contribution in [0.25, 0.3) is 33.3 Å². The fourth-order valence-electron chi connectivity index (χ4n) is 8.69. The van der Waals surface area contributed by atoms with E-state index in [1.165, 1.54) is 78.2 Å². The van der Waals surface area contributed by atoms with E-state index in [4.69, 9.17) is 9.72 Å². The zero-order valence-corrected chi connectivity index (χ0v) is 29.2. The highest BCUT2D eigenvalue weighted by atomic mass is 16.5. The molecule has 7 rings (SSSR count). The smallest absolute Gasteiger partial charge is 0.407 e. The van der Waals surface area contributed by atoms with Gasteiger partial charge in [-0.05, 0) is 107 Å². The maximum Gasteiger partial charge on any atom is 0.407 e. The van der Waals surface area contributed by atoms with Gasteiger partial charge in [0.2, 0.25) is 5.91 Å². The van der Waals surface area contributed by atoms with Crippen LogP contribution in [0.4, 0.5) is 4.79 Å². The fourth-order valence-corrected chi connectivity index (χ4v) is 8.69. The fraction of sp³-hybridized carbons (Fsp3) is 0.488. The Morgan fingerprint density at radius 2 is 1.62 bits per heavy atom. The lowest BCUT2D eigenvalue weighted by molar-refractivity contribution is -0.135. The number of nitrogens with zero attached hydrogens (tertiary/aromatic N) is 2. The number of imidazole rings is 1. The number of rotatable bonds is 8. The molecule has 7 nitrogen and oxygen atoms in total. The summed E-state index contributed by atoms with van der Waals surface area (Å²) >= 11 is 0. The number of H-pyrrole nitrogens is 1. The topological polar surface area (TPSA) is 87.3 Å². The van der Waals surface area contributed by atoms with Crippen LogP contribution in [0.2, 0.25) is 0 Å². The first kappa shape index (κ1) is 32.4. The van der Waals surface area contributed by atoms with Crippen molar-refractivity contribution >= 4 is 23.0 Å². The van der Waals surface area contributed by atoms with Gasteiger partial charge in [0, 0.05) is 6.54 Å². The average molecular weight is 647 g/mol. The third-order valence-electron chi connectivity index (χ3n) is 11.7. The largest absolute Gasteiger partial charge is 0.453 e. The molecular weight excluding hydrogens is 596 g/mol. The van der Waals surface area contributed by atoms with Gasteiger partial charge < -0.3 is 19.9 Å². The van der Waals surface area contributed by atoms with E-state index in [9.17, 15) is 9.59 Å². The number of carbonyl (C=O) groups excluding carboxylic acids is 2. The number of nitrogens with one attached hydrogen (secondary N) is 2. The van der Waals surface area contributed by atoms with E-state index in [1.807, 2.05) is 18.7 Å². The van der Waals surface area contributed by atoms with Crippen molar-refractivity contribution in [1.29, 1.82) is 0 Å². The van der Waals surface area contributed by atoms with Crippen LogP contribution in [0.3, 0.4) is 0 Å². The maximum absolute atomic E-state index is 13.8. The first-order valence-corrected chi connectivity index (χ1v) is 18.1. The van der Waals surface area contributed by atoms with E-state index in [-0.39, 0.29) is 17.9 Å². The van der Waals surface area contributed by atoms with Gasteiger partial charge in [0.25, 0.3) is 0 Å². The molecule has 2 N–H and O–H groups in total. The van der Waals surface area contributed by atoms with E-state index >= 15 is 0 Å². The summed E-state index contributed by atoms with van der Waals surface area (Å²) in [5.41, 5.74) is 12.0. The molecule has 2 heterocycles. The van der Waals surface area contributed by atoms with Gasteiger partial charge in [0.1, 0.15) is 11.9 Å². The number of amides is 2. The summed E-state index contributed by atoms with van der Waals surface area (Å²) in [4.78, 5) is 36.5. The number of methoxy groups -OCH3 is 1. The summed E-state index contributed by atoms with van der Waals surface area (Å²) in [6.07, 6.45) is 9.54. The molecule has 0 radical (unpaired) electrons. The number of hydrogen-bond acceptors (Lipinski definition) is 4. The van der Waals surface area contributed by atoms with Gasteiger partial charge in [0.15, 0.2) is 0 Å². The highest BCUT2D eigenvalue weighted by molar-refractivity contribution is 5.88. The molecule has 2 amide bonds. The van der Waals surface area contributed by atoms with E-state index in [0.717, 1.165) is 42.5 Å². The SMILES string of the molecule is CCC(C)C(NC(=O)OC)C(=O)N1CCCC1c1nc2ccc(-c3ccc(-c4ccc(C(C)C)cc4)c4c3CC3(CCCC3)C4)cc2[nH]1. The third-order valence-corrected chi connectivity index (χ3v) is 11.7. The number of fused-ring (bicyclic) bond motifs is 2. The number of aromatic nitrogens is 2. The second-order valence-electron chi connectivity index (χ2n) is 15.0. The lowest BCUT2D eigenvalue weighted by Crippen LogP contribution is -2.51. The molecule has 2 fully saturated rings. The molecule has 1 aromatic heterocycles. The van der Waals surface area contributed by atoms with Gasteiger partial charge in [0.05, 0.1) is 24.2 Å². The minimum absolute atomic E-state index is 0.0213. The van der Waals surface area contributed by atoms with Crippen LogP contribution in [-0.4, -0.2) is 46.6 Å². The van der Waals surface area contributed by atoms with Crippen LogP contribution in [0, 0.1) is 11.3 Å². The molecule has 48 heavy (non-hydrogen) atoms. The molecule has 7 heteroatoms. The predicted octanol–water partition coefficient (Wildman–Crippen LogP) is 9.11. The standard InChI is InChI=1S/C41H50N4O3/c1-6-26(4)37(44-40(47)48-5)39(46)45-21-9-10-36(45)38-42-34-18-15-29(22-35(34)43-38)31-17-16-30(28-13-11-27(12-14-28)25(2)3)32-23-41(24-33(31)32)19-7-8-20-41/h11-18,22,25-26,36-37H,6-10,19-21,23-24H2,1-5H3,(H,42,43)(H,44,47). The van der Waals surface area contributed by atoms with E-state index in [0.29, 0.717) is 17.9 Å². The minimum Gasteiger partial charge on any atom is -0.453 e. The summed E-state index contributed by atoms with van der Waals surface area (Å²) in [5.74, 6) is 1.24. The molecule has 4 aromatic rings. The highest BCUT2D eigenvalue weighted by Gasteiger charge is 2.42. The van der Waals surface area contributed by atoms with Crippen molar-refractivity contribution in [2.24, 2.45) is 11.3 Å². The van der Waals surface area contributed by atoms with Crippen LogP contribution in [0.1, 0.15) is 107 Å². The van der Waals surface area contributed by atoms with Gasteiger partial charge in [-0.15, -0.1) is 0 Å². The predicted molar refractivity (Wildman–Crippen MR) is 192 cm³/mol. The lowest BCUT2D eigenvalue weighted by atomic mass is 9.82. The number of likely N-dealkylation sites (tertiary alicyclic amines) is 1. The van der Waals surface area contributed by atoms with E-state index < -0.39 is 12.1 Å². The minimum atomic E-state index is -0.639. The van der Waals surface area contributed by atoms with Crippen LogP contribution in [-0.2, 0) is 22.4 Å². The lowest BCUT2D eigenvalue weighted by Gasteiger charge is -2.30. The molecule has 0 bridgehead atoms. The Kier molecular flexibility index (Phi) is 8.82. The molecular formula is C41H50N4O3. The molecule has 1 saturated carbocycles. The summed E-state index contributed by atoms with van der Waals surface area (Å²) in [6, 6.07) is 19.7. The van der Waals surface area contributed by atoms with Gasteiger partial charge in [-0.25, -0.2) is 9.78 Å². The Morgan fingerprint density at radius 3 is 2.27 bits per heavy atom. The van der Waals surface area contributed by atoms with Crippen molar-refractivity contribution < 1.29 is 14.3 Å². The zero-order chi connectivity index (χ0) is 33.6. The molecule has 1 saturated heterocycles. The Morgan fingerprint density at radius 1 is 0.958 bits per heavy atom. The summed E-state index contributed by atoms with van der Waals surface area (Å²) in [5, 5.41) is 2.79. The van der Waals surface area contributed by atoms with Gasteiger partial charge in [-0.2, -0.15) is 0 Å². The second-order valence-corrected chi connectivity index (χ2v) is 15.0. The molecule has 1 spiro atoms. The molecule has 3 aromatic carbocycles. The average Bonchev–Trinajstić information content (AvgIpc) is 3.92. The first-order chi connectivity index (χ1) is 23.2. The number of carbonyl (C=O) groups is 2.